The van der Waals surface area contributed by atoms with Crippen molar-refractivity contribution in [3.05, 3.63) is 35.4 Å². The van der Waals surface area contributed by atoms with Crippen molar-refractivity contribution in [3.63, 3.8) is 0 Å². The van der Waals surface area contributed by atoms with Crippen LogP contribution < -0.4 is 0 Å². The Morgan fingerprint density at radius 2 is 1.62 bits per heavy atom. The molecule has 0 aromatic heterocycles. The van der Waals surface area contributed by atoms with E-state index in [2.05, 4.69) is 6.92 Å². The van der Waals surface area contributed by atoms with Gasteiger partial charge in [0.15, 0.2) is 0 Å². The fourth-order valence-electron chi connectivity index (χ4n) is 2.55. The lowest BCUT2D eigenvalue weighted by molar-refractivity contribution is 0.285. The highest BCUT2D eigenvalue weighted by Crippen LogP contribution is 2.31. The average molecular weight is 224 g/mol. The molecule has 1 aliphatic rings. The van der Waals surface area contributed by atoms with E-state index in [9.17, 15) is 8.78 Å². The molecule has 16 heavy (non-hydrogen) atoms. The van der Waals surface area contributed by atoms with Gasteiger partial charge in [0.25, 0.3) is 0 Å². The zero-order chi connectivity index (χ0) is 11.5. The maximum atomic E-state index is 13.4. The maximum Gasteiger partial charge on any atom is 0.129 e. The minimum Gasteiger partial charge on any atom is -0.207 e. The van der Waals surface area contributed by atoms with Crippen LogP contribution in [0.2, 0.25) is 0 Å². The number of benzene rings is 1. The number of hydrogen-bond acceptors (Lipinski definition) is 0. The van der Waals surface area contributed by atoms with E-state index < -0.39 is 11.6 Å². The van der Waals surface area contributed by atoms with Crippen molar-refractivity contribution in [1.82, 2.24) is 0 Å². The molecule has 0 nitrogen and oxygen atoms in total. The first-order valence-electron chi connectivity index (χ1n) is 6.09. The van der Waals surface area contributed by atoms with Gasteiger partial charge in [-0.3, -0.25) is 0 Å². The molecule has 0 heterocycles. The van der Waals surface area contributed by atoms with E-state index in [1.165, 1.54) is 31.0 Å². The smallest absolute Gasteiger partial charge is 0.129 e. The molecule has 0 bridgehead atoms. The minimum absolute atomic E-state index is 0.280. The molecule has 1 aromatic carbocycles. The summed E-state index contributed by atoms with van der Waals surface area (Å²) in [6.07, 6.45) is 5.16. The van der Waals surface area contributed by atoms with Gasteiger partial charge in [-0.1, -0.05) is 25.8 Å². The normalized spacial score (nSPS) is 25.7. The molecule has 1 saturated carbocycles. The van der Waals surface area contributed by atoms with Crippen molar-refractivity contribution in [3.8, 4) is 0 Å². The van der Waals surface area contributed by atoms with Gasteiger partial charge in [-0.2, -0.15) is 0 Å². The van der Waals surface area contributed by atoms with Gasteiger partial charge in [0.05, 0.1) is 0 Å². The molecule has 88 valence electrons. The quantitative estimate of drug-likeness (QED) is 0.701. The molecule has 0 atom stereocenters. The van der Waals surface area contributed by atoms with Gasteiger partial charge >= 0.3 is 0 Å². The molecule has 0 unspecified atom stereocenters. The highest BCUT2D eigenvalue weighted by Gasteiger charge is 2.21. The molecule has 0 amide bonds. The molecule has 2 heteroatoms. The lowest BCUT2D eigenvalue weighted by Gasteiger charge is -2.26. The summed E-state index contributed by atoms with van der Waals surface area (Å²) in [6.45, 7) is 2.25. The monoisotopic (exact) mass is 224 g/mol. The predicted molar refractivity (Wildman–Crippen MR) is 61.2 cm³/mol. The zero-order valence-electron chi connectivity index (χ0n) is 9.68. The molecule has 1 aliphatic carbocycles. The molecule has 0 radical (unpaired) electrons. The Balaban J connectivity index is 2.04. The highest BCUT2D eigenvalue weighted by atomic mass is 19.1. The Morgan fingerprint density at radius 3 is 2.19 bits per heavy atom. The molecular weight excluding hydrogens is 206 g/mol. The van der Waals surface area contributed by atoms with Gasteiger partial charge in [-0.05, 0) is 43.2 Å². The van der Waals surface area contributed by atoms with E-state index >= 15 is 0 Å². The van der Waals surface area contributed by atoms with Crippen LogP contribution >= 0.6 is 0 Å². The van der Waals surface area contributed by atoms with Gasteiger partial charge < -0.3 is 0 Å². The number of halogens is 2. The van der Waals surface area contributed by atoms with Crippen molar-refractivity contribution in [2.75, 3.05) is 0 Å². The second-order valence-corrected chi connectivity index (χ2v) is 5.03. The third-order valence-electron chi connectivity index (χ3n) is 3.69. The second kappa shape index (κ2) is 4.94. The van der Waals surface area contributed by atoms with Crippen LogP contribution in [0.3, 0.4) is 0 Å². The van der Waals surface area contributed by atoms with E-state index in [0.29, 0.717) is 12.3 Å². The van der Waals surface area contributed by atoms with Crippen LogP contribution in [0.25, 0.3) is 0 Å². The van der Waals surface area contributed by atoms with E-state index in [-0.39, 0.29) is 5.56 Å². The molecule has 2 rings (SSSR count). The van der Waals surface area contributed by atoms with Gasteiger partial charge in [0.1, 0.15) is 11.6 Å². The Kier molecular flexibility index (Phi) is 3.57. The van der Waals surface area contributed by atoms with Crippen molar-refractivity contribution < 1.29 is 8.78 Å². The largest absolute Gasteiger partial charge is 0.207 e. The van der Waals surface area contributed by atoms with Gasteiger partial charge in [-0.25, -0.2) is 8.78 Å². The highest BCUT2D eigenvalue weighted by molar-refractivity contribution is 5.20. The molecule has 0 N–H and O–H groups in total. The molecule has 1 aromatic rings. The van der Waals surface area contributed by atoms with E-state index in [4.69, 9.17) is 0 Å². The Bertz CT molecular complexity index is 332. The minimum atomic E-state index is -0.390. The summed E-state index contributed by atoms with van der Waals surface area (Å²) in [5, 5.41) is 0. The SMILES string of the molecule is CC1CCC(Cc2c(F)cccc2F)CC1. The fraction of sp³-hybridized carbons (Fsp3) is 0.571. The molecule has 0 spiro atoms. The summed E-state index contributed by atoms with van der Waals surface area (Å²) in [4.78, 5) is 0. The lowest BCUT2D eigenvalue weighted by Crippen LogP contribution is -2.15. The first kappa shape index (κ1) is 11.6. The topological polar surface area (TPSA) is 0 Å². The molecular formula is C14H18F2. The van der Waals surface area contributed by atoms with Gasteiger partial charge in [0.2, 0.25) is 0 Å². The van der Waals surface area contributed by atoms with Crippen LogP contribution in [0.15, 0.2) is 18.2 Å². The van der Waals surface area contributed by atoms with Crippen molar-refractivity contribution in [2.24, 2.45) is 11.8 Å². The Morgan fingerprint density at radius 1 is 1.06 bits per heavy atom. The fourth-order valence-corrected chi connectivity index (χ4v) is 2.55. The summed E-state index contributed by atoms with van der Waals surface area (Å²) in [5.74, 6) is 0.460. The van der Waals surface area contributed by atoms with E-state index in [1.807, 2.05) is 0 Å². The summed E-state index contributed by atoms with van der Waals surface area (Å²) < 4.78 is 26.9. The maximum absolute atomic E-state index is 13.4. The Hall–Kier alpha value is -0.920. The van der Waals surface area contributed by atoms with Crippen LogP contribution in [0.4, 0.5) is 8.78 Å². The van der Waals surface area contributed by atoms with Crippen LogP contribution in [0.1, 0.15) is 38.2 Å². The third-order valence-corrected chi connectivity index (χ3v) is 3.69. The van der Waals surface area contributed by atoms with Crippen LogP contribution in [0, 0.1) is 23.5 Å². The standard InChI is InChI=1S/C14H18F2/c1-10-5-7-11(8-6-10)9-12-13(15)3-2-4-14(12)16/h2-4,10-11H,5-9H2,1H3. The lowest BCUT2D eigenvalue weighted by atomic mass is 9.80. The third kappa shape index (κ3) is 2.60. The van der Waals surface area contributed by atoms with Crippen molar-refractivity contribution >= 4 is 0 Å². The van der Waals surface area contributed by atoms with Crippen LogP contribution in [0.5, 0.6) is 0 Å². The second-order valence-electron chi connectivity index (χ2n) is 5.03. The zero-order valence-corrected chi connectivity index (χ0v) is 9.68. The average Bonchev–Trinajstić information content (AvgIpc) is 2.26. The van der Waals surface area contributed by atoms with Gasteiger partial charge in [0, 0.05) is 5.56 Å². The number of rotatable bonds is 2. The van der Waals surface area contributed by atoms with E-state index in [1.54, 1.807) is 0 Å². The Labute approximate surface area is 95.7 Å². The summed E-state index contributed by atoms with van der Waals surface area (Å²) in [5.41, 5.74) is 0.280. The van der Waals surface area contributed by atoms with Crippen molar-refractivity contribution in [1.29, 1.82) is 0 Å². The van der Waals surface area contributed by atoms with Crippen LogP contribution in [-0.4, -0.2) is 0 Å². The van der Waals surface area contributed by atoms with Gasteiger partial charge in [-0.15, -0.1) is 0 Å². The first-order chi connectivity index (χ1) is 7.66. The molecule has 1 fully saturated rings. The summed E-state index contributed by atoms with van der Waals surface area (Å²) in [6, 6.07) is 4.13. The van der Waals surface area contributed by atoms with Crippen molar-refractivity contribution in [2.45, 2.75) is 39.0 Å². The van der Waals surface area contributed by atoms with E-state index in [0.717, 1.165) is 18.8 Å². The predicted octanol–water partition coefficient (Wildman–Crippen LogP) is 4.33. The summed E-state index contributed by atoms with van der Waals surface area (Å²) >= 11 is 0. The number of hydrogen-bond donors (Lipinski definition) is 0. The molecule has 0 saturated heterocycles. The summed E-state index contributed by atoms with van der Waals surface area (Å²) in [7, 11) is 0. The first-order valence-corrected chi connectivity index (χ1v) is 6.09. The molecule has 0 aliphatic heterocycles. The van der Waals surface area contributed by atoms with Crippen LogP contribution in [-0.2, 0) is 6.42 Å².